The van der Waals surface area contributed by atoms with Crippen LogP contribution in [0.5, 0.6) is 0 Å². The molecule has 0 spiro atoms. The first-order chi connectivity index (χ1) is 7.62. The summed E-state index contributed by atoms with van der Waals surface area (Å²) in [6.45, 7) is 10.2. The van der Waals surface area contributed by atoms with Crippen molar-refractivity contribution >= 4 is 0 Å². The van der Waals surface area contributed by atoms with E-state index in [1.165, 1.54) is 18.5 Å². The Morgan fingerprint density at radius 3 is 2.75 bits per heavy atom. The molecule has 3 heteroatoms. The highest BCUT2D eigenvalue weighted by Gasteiger charge is 2.31. The summed E-state index contributed by atoms with van der Waals surface area (Å²) < 4.78 is 2.34. The van der Waals surface area contributed by atoms with Crippen LogP contribution in [0.25, 0.3) is 0 Å². The van der Waals surface area contributed by atoms with E-state index in [4.69, 9.17) is 0 Å². The maximum atomic E-state index is 4.34. The minimum atomic E-state index is 0.316. The van der Waals surface area contributed by atoms with Crippen LogP contribution in [0.15, 0.2) is 12.5 Å². The maximum Gasteiger partial charge on any atom is 0.0948 e. The van der Waals surface area contributed by atoms with Crippen LogP contribution < -0.4 is 5.32 Å². The topological polar surface area (TPSA) is 29.9 Å². The van der Waals surface area contributed by atoms with E-state index in [1.54, 1.807) is 0 Å². The molecule has 0 amide bonds. The van der Waals surface area contributed by atoms with Crippen molar-refractivity contribution < 1.29 is 0 Å². The zero-order chi connectivity index (χ0) is 11.6. The van der Waals surface area contributed by atoms with Gasteiger partial charge in [-0.05, 0) is 31.8 Å². The predicted molar refractivity (Wildman–Crippen MR) is 66.5 cm³/mol. The number of nitrogens with zero attached hydrogens (tertiary/aromatic N) is 2. The lowest BCUT2D eigenvalue weighted by atomic mass is 9.78. The summed E-state index contributed by atoms with van der Waals surface area (Å²) in [6.07, 6.45) is 6.49. The van der Waals surface area contributed by atoms with Gasteiger partial charge in [0, 0.05) is 23.9 Å². The van der Waals surface area contributed by atoms with Gasteiger partial charge in [0.2, 0.25) is 0 Å². The van der Waals surface area contributed by atoms with Crippen LogP contribution in [0.4, 0.5) is 0 Å². The minimum Gasteiger partial charge on any atom is -0.334 e. The van der Waals surface area contributed by atoms with E-state index in [0.717, 1.165) is 19.6 Å². The molecule has 0 atom stereocenters. The third kappa shape index (κ3) is 2.29. The molecule has 1 saturated heterocycles. The van der Waals surface area contributed by atoms with Crippen molar-refractivity contribution in [3.05, 3.63) is 18.2 Å². The molecule has 1 aliphatic rings. The second kappa shape index (κ2) is 4.58. The van der Waals surface area contributed by atoms with E-state index >= 15 is 0 Å². The lowest BCUT2D eigenvalue weighted by Crippen LogP contribution is -2.39. The Balaban J connectivity index is 2.21. The molecule has 0 bridgehead atoms. The fourth-order valence-electron chi connectivity index (χ4n) is 2.60. The molecular formula is C13H23N3. The van der Waals surface area contributed by atoms with Crippen molar-refractivity contribution in [2.45, 2.75) is 45.6 Å². The summed E-state index contributed by atoms with van der Waals surface area (Å²) in [6, 6.07) is 0. The van der Waals surface area contributed by atoms with E-state index in [2.05, 4.69) is 41.8 Å². The Kier molecular flexibility index (Phi) is 3.33. The molecule has 1 aromatic heterocycles. The van der Waals surface area contributed by atoms with Crippen molar-refractivity contribution in [2.75, 3.05) is 13.1 Å². The SMILES string of the molecule is CC(C)Cn1cncc1C1(C)CCNCC1. The Morgan fingerprint density at radius 2 is 2.12 bits per heavy atom. The van der Waals surface area contributed by atoms with Gasteiger partial charge in [-0.2, -0.15) is 0 Å². The van der Waals surface area contributed by atoms with Gasteiger partial charge in [0.25, 0.3) is 0 Å². The average Bonchev–Trinajstić information content (AvgIpc) is 2.66. The van der Waals surface area contributed by atoms with E-state index in [-0.39, 0.29) is 0 Å². The average molecular weight is 221 g/mol. The lowest BCUT2D eigenvalue weighted by molar-refractivity contribution is 0.312. The van der Waals surface area contributed by atoms with E-state index in [1.807, 2.05) is 6.33 Å². The summed E-state index contributed by atoms with van der Waals surface area (Å²) in [5.74, 6) is 0.679. The van der Waals surface area contributed by atoms with Crippen LogP contribution in [0, 0.1) is 5.92 Å². The molecule has 2 rings (SSSR count). The minimum absolute atomic E-state index is 0.316. The monoisotopic (exact) mass is 221 g/mol. The molecule has 0 saturated carbocycles. The maximum absolute atomic E-state index is 4.34. The van der Waals surface area contributed by atoms with Gasteiger partial charge in [-0.15, -0.1) is 0 Å². The van der Waals surface area contributed by atoms with Gasteiger partial charge in [-0.3, -0.25) is 0 Å². The highest BCUT2D eigenvalue weighted by atomic mass is 15.1. The Labute approximate surface area is 98.3 Å². The van der Waals surface area contributed by atoms with Crippen molar-refractivity contribution in [3.63, 3.8) is 0 Å². The Hall–Kier alpha value is -0.830. The van der Waals surface area contributed by atoms with Crippen molar-refractivity contribution in [1.29, 1.82) is 0 Å². The summed E-state index contributed by atoms with van der Waals surface area (Å²) in [5, 5.41) is 3.43. The number of hydrogen-bond donors (Lipinski definition) is 1. The first kappa shape index (κ1) is 11.6. The van der Waals surface area contributed by atoms with E-state index < -0.39 is 0 Å². The van der Waals surface area contributed by atoms with Crippen molar-refractivity contribution in [3.8, 4) is 0 Å². The normalized spacial score (nSPS) is 20.2. The van der Waals surface area contributed by atoms with Gasteiger partial charge in [0.05, 0.1) is 6.33 Å². The second-order valence-corrected chi connectivity index (χ2v) is 5.64. The molecule has 1 aromatic rings. The second-order valence-electron chi connectivity index (χ2n) is 5.64. The largest absolute Gasteiger partial charge is 0.334 e. The predicted octanol–water partition coefficient (Wildman–Crippen LogP) is 2.18. The van der Waals surface area contributed by atoms with Crippen LogP contribution in [-0.4, -0.2) is 22.6 Å². The van der Waals surface area contributed by atoms with Crippen molar-refractivity contribution in [2.24, 2.45) is 5.92 Å². The third-order valence-corrected chi connectivity index (χ3v) is 3.60. The van der Waals surface area contributed by atoms with Crippen LogP contribution in [0.2, 0.25) is 0 Å². The Bertz CT molecular complexity index is 335. The molecule has 3 nitrogen and oxygen atoms in total. The quantitative estimate of drug-likeness (QED) is 0.848. The lowest BCUT2D eigenvalue weighted by Gasteiger charge is -2.34. The van der Waals surface area contributed by atoms with Gasteiger partial charge in [0.15, 0.2) is 0 Å². The van der Waals surface area contributed by atoms with Crippen molar-refractivity contribution in [1.82, 2.24) is 14.9 Å². The van der Waals surface area contributed by atoms with Gasteiger partial charge in [-0.1, -0.05) is 20.8 Å². The number of hydrogen-bond acceptors (Lipinski definition) is 2. The smallest absolute Gasteiger partial charge is 0.0948 e. The summed E-state index contributed by atoms with van der Waals surface area (Å²) in [7, 11) is 0. The molecule has 1 N–H and O–H groups in total. The molecule has 1 fully saturated rings. The Morgan fingerprint density at radius 1 is 1.44 bits per heavy atom. The summed E-state index contributed by atoms with van der Waals surface area (Å²) in [5.41, 5.74) is 1.74. The molecule has 16 heavy (non-hydrogen) atoms. The first-order valence-electron chi connectivity index (χ1n) is 6.33. The molecule has 0 aliphatic carbocycles. The van der Waals surface area contributed by atoms with E-state index in [0.29, 0.717) is 11.3 Å². The van der Waals surface area contributed by atoms with Gasteiger partial charge < -0.3 is 9.88 Å². The summed E-state index contributed by atoms with van der Waals surface area (Å²) >= 11 is 0. The fraction of sp³-hybridized carbons (Fsp3) is 0.769. The molecule has 1 aliphatic heterocycles. The summed E-state index contributed by atoms with van der Waals surface area (Å²) in [4.78, 5) is 4.34. The molecule has 0 aromatic carbocycles. The number of piperidine rings is 1. The highest BCUT2D eigenvalue weighted by molar-refractivity contribution is 5.15. The fourth-order valence-corrected chi connectivity index (χ4v) is 2.60. The molecule has 0 unspecified atom stereocenters. The number of aromatic nitrogens is 2. The standard InChI is InChI=1S/C13H23N3/c1-11(2)9-16-10-15-8-12(16)13(3)4-6-14-7-5-13/h8,10-11,14H,4-7,9H2,1-3H3. The highest BCUT2D eigenvalue weighted by Crippen LogP contribution is 2.32. The van der Waals surface area contributed by atoms with Gasteiger partial charge in [-0.25, -0.2) is 4.98 Å². The first-order valence-corrected chi connectivity index (χ1v) is 6.33. The van der Waals surface area contributed by atoms with Crippen LogP contribution in [-0.2, 0) is 12.0 Å². The molecule has 0 radical (unpaired) electrons. The molecule has 2 heterocycles. The molecular weight excluding hydrogens is 198 g/mol. The van der Waals surface area contributed by atoms with E-state index in [9.17, 15) is 0 Å². The number of imidazole rings is 1. The van der Waals surface area contributed by atoms with Gasteiger partial charge >= 0.3 is 0 Å². The van der Waals surface area contributed by atoms with Crippen LogP contribution in [0.3, 0.4) is 0 Å². The number of rotatable bonds is 3. The van der Waals surface area contributed by atoms with Crippen LogP contribution >= 0.6 is 0 Å². The van der Waals surface area contributed by atoms with Gasteiger partial charge in [0.1, 0.15) is 0 Å². The molecule has 90 valence electrons. The number of nitrogens with one attached hydrogen (secondary N) is 1. The zero-order valence-corrected chi connectivity index (χ0v) is 10.7. The third-order valence-electron chi connectivity index (χ3n) is 3.60. The zero-order valence-electron chi connectivity index (χ0n) is 10.7. The van der Waals surface area contributed by atoms with Crippen LogP contribution in [0.1, 0.15) is 39.3 Å².